The number of H-pyrrole nitrogens is 1. The lowest BCUT2D eigenvalue weighted by Gasteiger charge is -2.39. The molecule has 1 saturated heterocycles. The Labute approximate surface area is 211 Å². The average Bonchev–Trinajstić information content (AvgIpc) is 3.45. The Morgan fingerprint density at radius 2 is 2.11 bits per heavy atom. The molecule has 188 valence electrons. The zero-order valence-corrected chi connectivity index (χ0v) is 20.6. The number of nitrogens with zero attached hydrogens (tertiary/aromatic N) is 5. The van der Waals surface area contributed by atoms with Crippen LogP contribution in [-0.2, 0) is 11.3 Å². The van der Waals surface area contributed by atoms with Gasteiger partial charge in [0.25, 0.3) is 5.91 Å². The molecule has 1 aliphatic heterocycles. The second kappa shape index (κ2) is 9.45. The molecule has 3 aromatic heterocycles. The summed E-state index contributed by atoms with van der Waals surface area (Å²) < 4.78 is 19.4. The number of halogens is 2. The van der Waals surface area contributed by atoms with E-state index in [-0.39, 0.29) is 57.8 Å². The minimum absolute atomic E-state index is 0.0846. The van der Waals surface area contributed by atoms with Crippen molar-refractivity contribution in [1.82, 2.24) is 35.4 Å². The number of methoxy groups -OCH3 is 1. The van der Waals surface area contributed by atoms with Crippen LogP contribution in [0, 0.1) is 18.7 Å². The van der Waals surface area contributed by atoms with Crippen LogP contribution in [0.2, 0.25) is 5.15 Å². The van der Waals surface area contributed by atoms with Crippen LogP contribution in [-0.4, -0.2) is 61.1 Å². The molecular formula is C24H25ClFN7O3. The Morgan fingerprint density at radius 1 is 1.31 bits per heavy atom. The van der Waals surface area contributed by atoms with Gasteiger partial charge in [0, 0.05) is 35.8 Å². The standard InChI is InChI=1S/C24H25ClFN7O3/c1-13-10-28-21(25)19(30-13)12-29-22(34)14-3-6-33(24(9-14)4-5-24)23(35)18-8-17(31-32-18)15-7-20(36-2)27-11-16(15)26/h7-8,10-11,14H,3-6,9,12H2,1-2H3,(H,29,34)(H,31,32)/t14-/m0/s1. The van der Waals surface area contributed by atoms with Gasteiger partial charge < -0.3 is 15.0 Å². The number of ether oxygens (including phenoxy) is 1. The van der Waals surface area contributed by atoms with Gasteiger partial charge in [-0.2, -0.15) is 5.10 Å². The Balaban J connectivity index is 1.25. The van der Waals surface area contributed by atoms with E-state index in [1.54, 1.807) is 6.20 Å². The minimum atomic E-state index is -0.565. The number of amides is 2. The van der Waals surface area contributed by atoms with Crippen molar-refractivity contribution in [2.24, 2.45) is 5.92 Å². The highest BCUT2D eigenvalue weighted by Crippen LogP contribution is 2.50. The number of aromatic nitrogens is 5. The normalized spacial score (nSPS) is 18.2. The SMILES string of the molecule is COc1cc(-c2cc(C(=O)N3CC[C@H](C(=O)NCc4nc(C)cnc4Cl)CC34CC4)[nH]n2)c(F)cn1. The molecule has 3 aromatic rings. The number of likely N-dealkylation sites (tertiary alicyclic amines) is 1. The van der Waals surface area contributed by atoms with Gasteiger partial charge in [0.1, 0.15) is 5.69 Å². The van der Waals surface area contributed by atoms with E-state index in [0.717, 1.165) is 24.7 Å². The number of rotatable bonds is 6. The molecule has 10 nitrogen and oxygen atoms in total. The predicted octanol–water partition coefficient (Wildman–Crippen LogP) is 3.07. The molecule has 4 heterocycles. The number of pyridine rings is 1. The fourth-order valence-corrected chi connectivity index (χ4v) is 4.89. The first-order chi connectivity index (χ1) is 17.3. The first kappa shape index (κ1) is 24.1. The lowest BCUT2D eigenvalue weighted by Crippen LogP contribution is -2.50. The maximum atomic E-state index is 14.3. The van der Waals surface area contributed by atoms with Crippen molar-refractivity contribution in [1.29, 1.82) is 0 Å². The Morgan fingerprint density at radius 3 is 2.86 bits per heavy atom. The maximum Gasteiger partial charge on any atom is 0.272 e. The number of carbonyl (C=O) groups excluding carboxylic acids is 2. The van der Waals surface area contributed by atoms with Crippen molar-refractivity contribution in [3.63, 3.8) is 0 Å². The van der Waals surface area contributed by atoms with Gasteiger partial charge in [-0.1, -0.05) is 11.6 Å². The Hall–Kier alpha value is -3.60. The summed E-state index contributed by atoms with van der Waals surface area (Å²) in [6, 6.07) is 2.96. The number of carbonyl (C=O) groups is 2. The molecule has 5 rings (SSSR count). The summed E-state index contributed by atoms with van der Waals surface area (Å²) in [5.74, 6) is -0.836. The molecule has 0 bridgehead atoms. The summed E-state index contributed by atoms with van der Waals surface area (Å²) in [4.78, 5) is 40.3. The largest absolute Gasteiger partial charge is 0.481 e. The molecule has 2 N–H and O–H groups in total. The lowest BCUT2D eigenvalue weighted by atomic mass is 9.88. The minimum Gasteiger partial charge on any atom is -0.481 e. The van der Waals surface area contributed by atoms with E-state index in [0.29, 0.717) is 25.1 Å². The van der Waals surface area contributed by atoms with Crippen LogP contribution in [0.1, 0.15) is 47.6 Å². The van der Waals surface area contributed by atoms with Crippen LogP contribution >= 0.6 is 11.6 Å². The number of aryl methyl sites for hydroxylation is 1. The smallest absolute Gasteiger partial charge is 0.272 e. The highest BCUT2D eigenvalue weighted by atomic mass is 35.5. The van der Waals surface area contributed by atoms with Gasteiger partial charge >= 0.3 is 0 Å². The third kappa shape index (κ3) is 4.62. The van der Waals surface area contributed by atoms with Gasteiger partial charge in [0.05, 0.1) is 36.9 Å². The predicted molar refractivity (Wildman–Crippen MR) is 128 cm³/mol. The highest BCUT2D eigenvalue weighted by Gasteiger charge is 2.54. The molecule has 36 heavy (non-hydrogen) atoms. The molecule has 2 amide bonds. The summed E-state index contributed by atoms with van der Waals surface area (Å²) in [5, 5.41) is 10.1. The molecule has 2 aliphatic rings. The molecular weight excluding hydrogens is 489 g/mol. The Kier molecular flexibility index (Phi) is 6.33. The van der Waals surface area contributed by atoms with Crippen LogP contribution in [0.5, 0.6) is 5.88 Å². The highest BCUT2D eigenvalue weighted by molar-refractivity contribution is 6.30. The van der Waals surface area contributed by atoms with E-state index < -0.39 is 5.82 Å². The van der Waals surface area contributed by atoms with E-state index in [1.807, 2.05) is 11.8 Å². The number of hydrogen-bond donors (Lipinski definition) is 2. The second-order valence-electron chi connectivity index (χ2n) is 9.21. The molecule has 12 heteroatoms. The maximum absolute atomic E-state index is 14.3. The summed E-state index contributed by atoms with van der Waals surface area (Å²) in [6.45, 7) is 2.45. The van der Waals surface area contributed by atoms with Crippen molar-refractivity contribution in [3.05, 3.63) is 52.6 Å². The van der Waals surface area contributed by atoms with Crippen molar-refractivity contribution in [2.75, 3.05) is 13.7 Å². The van der Waals surface area contributed by atoms with E-state index in [1.165, 1.54) is 19.2 Å². The molecule has 1 saturated carbocycles. The van der Waals surface area contributed by atoms with Gasteiger partial charge in [-0.15, -0.1) is 0 Å². The van der Waals surface area contributed by atoms with E-state index >= 15 is 0 Å². The topological polar surface area (TPSA) is 126 Å². The fraction of sp³-hybridized carbons (Fsp3) is 0.417. The van der Waals surface area contributed by atoms with Gasteiger partial charge in [-0.05, 0) is 38.7 Å². The van der Waals surface area contributed by atoms with Crippen LogP contribution in [0.25, 0.3) is 11.3 Å². The molecule has 1 atom stereocenters. The van der Waals surface area contributed by atoms with Crippen molar-refractivity contribution < 1.29 is 18.7 Å². The summed E-state index contributed by atoms with van der Waals surface area (Å²) in [6.07, 6.45) is 5.39. The molecule has 0 unspecified atom stereocenters. The van der Waals surface area contributed by atoms with Gasteiger partial charge in [0.15, 0.2) is 11.0 Å². The molecule has 0 radical (unpaired) electrons. The summed E-state index contributed by atoms with van der Waals surface area (Å²) >= 11 is 6.09. The third-order valence-corrected chi connectivity index (χ3v) is 7.13. The molecule has 2 fully saturated rings. The average molecular weight is 514 g/mol. The van der Waals surface area contributed by atoms with Crippen molar-refractivity contribution in [3.8, 4) is 17.1 Å². The van der Waals surface area contributed by atoms with Crippen LogP contribution < -0.4 is 10.1 Å². The first-order valence-electron chi connectivity index (χ1n) is 11.6. The van der Waals surface area contributed by atoms with Crippen LogP contribution in [0.4, 0.5) is 4.39 Å². The number of hydrogen-bond acceptors (Lipinski definition) is 7. The van der Waals surface area contributed by atoms with E-state index in [9.17, 15) is 14.0 Å². The molecule has 1 aliphatic carbocycles. The fourth-order valence-electron chi connectivity index (χ4n) is 4.73. The zero-order chi connectivity index (χ0) is 25.4. The first-order valence-corrected chi connectivity index (χ1v) is 12.0. The zero-order valence-electron chi connectivity index (χ0n) is 19.8. The van der Waals surface area contributed by atoms with Crippen LogP contribution in [0.15, 0.2) is 24.5 Å². The lowest BCUT2D eigenvalue weighted by molar-refractivity contribution is -0.127. The van der Waals surface area contributed by atoms with E-state index in [2.05, 4.69) is 30.5 Å². The summed E-state index contributed by atoms with van der Waals surface area (Å²) in [7, 11) is 1.44. The number of aromatic amines is 1. The number of nitrogens with one attached hydrogen (secondary N) is 2. The second-order valence-corrected chi connectivity index (χ2v) is 9.57. The van der Waals surface area contributed by atoms with Gasteiger partial charge in [-0.3, -0.25) is 19.7 Å². The number of piperidine rings is 1. The summed E-state index contributed by atoms with van der Waals surface area (Å²) in [5.41, 5.74) is 1.63. The van der Waals surface area contributed by atoms with Crippen molar-refractivity contribution in [2.45, 2.75) is 44.7 Å². The van der Waals surface area contributed by atoms with Gasteiger partial charge in [0.2, 0.25) is 11.8 Å². The van der Waals surface area contributed by atoms with E-state index in [4.69, 9.17) is 16.3 Å². The molecule has 1 spiro atoms. The van der Waals surface area contributed by atoms with Gasteiger partial charge in [-0.25, -0.2) is 14.4 Å². The third-order valence-electron chi connectivity index (χ3n) is 6.81. The quantitative estimate of drug-likeness (QED) is 0.518. The van der Waals surface area contributed by atoms with Crippen molar-refractivity contribution >= 4 is 23.4 Å². The molecule has 0 aromatic carbocycles. The van der Waals surface area contributed by atoms with Crippen LogP contribution in [0.3, 0.4) is 0 Å². The Bertz CT molecular complexity index is 1330. The monoisotopic (exact) mass is 513 g/mol.